The highest BCUT2D eigenvalue weighted by Gasteiger charge is 2.19. The molecule has 2 amide bonds. The number of amides is 2. The molecule has 3 heterocycles. The zero-order valence-corrected chi connectivity index (χ0v) is 12.0. The maximum Gasteiger partial charge on any atom is 0.319 e. The molecular formula is C15H19N5O. The highest BCUT2D eigenvalue weighted by Crippen LogP contribution is 2.18. The Bertz CT molecular complexity index is 619. The van der Waals surface area contributed by atoms with Gasteiger partial charge in [0.25, 0.3) is 0 Å². The second-order valence-corrected chi connectivity index (χ2v) is 5.42. The van der Waals surface area contributed by atoms with Crippen molar-refractivity contribution >= 4 is 11.7 Å². The van der Waals surface area contributed by atoms with Gasteiger partial charge in [-0.3, -0.25) is 4.98 Å². The van der Waals surface area contributed by atoms with Gasteiger partial charge in [0.15, 0.2) is 0 Å². The van der Waals surface area contributed by atoms with Crippen LogP contribution in [-0.2, 0) is 13.0 Å². The van der Waals surface area contributed by atoms with Crippen LogP contribution in [0.4, 0.5) is 10.5 Å². The molecule has 110 valence electrons. The van der Waals surface area contributed by atoms with Crippen molar-refractivity contribution in [3.63, 3.8) is 0 Å². The van der Waals surface area contributed by atoms with E-state index in [-0.39, 0.29) is 6.03 Å². The molecule has 2 aromatic heterocycles. The van der Waals surface area contributed by atoms with Crippen molar-refractivity contribution in [3.8, 4) is 0 Å². The average molecular weight is 285 g/mol. The zero-order chi connectivity index (χ0) is 14.7. The largest absolute Gasteiger partial charge is 0.338 e. The molecule has 0 saturated heterocycles. The number of carbonyl (C=O) groups is 1. The minimum absolute atomic E-state index is 0.186. The molecule has 1 atom stereocenters. The van der Waals surface area contributed by atoms with Gasteiger partial charge in [-0.25, -0.2) is 9.78 Å². The van der Waals surface area contributed by atoms with E-state index in [1.54, 1.807) is 6.20 Å². The first-order chi connectivity index (χ1) is 10.2. The van der Waals surface area contributed by atoms with E-state index >= 15 is 0 Å². The summed E-state index contributed by atoms with van der Waals surface area (Å²) in [6.07, 6.45) is 7.49. The molecule has 0 aliphatic carbocycles. The molecule has 3 rings (SSSR count). The van der Waals surface area contributed by atoms with E-state index in [1.165, 1.54) is 0 Å². The fourth-order valence-corrected chi connectivity index (χ4v) is 2.54. The summed E-state index contributed by atoms with van der Waals surface area (Å²) in [4.78, 5) is 20.3. The third-order valence-electron chi connectivity index (χ3n) is 3.77. The number of rotatable bonds is 3. The first kappa shape index (κ1) is 13.6. The highest BCUT2D eigenvalue weighted by molar-refractivity contribution is 5.88. The van der Waals surface area contributed by atoms with Gasteiger partial charge in [0.2, 0.25) is 0 Å². The van der Waals surface area contributed by atoms with Crippen LogP contribution in [0.3, 0.4) is 0 Å². The van der Waals surface area contributed by atoms with E-state index in [2.05, 4.69) is 25.2 Å². The highest BCUT2D eigenvalue weighted by atomic mass is 16.2. The number of anilines is 1. The number of nitrogens with zero attached hydrogens (tertiary/aromatic N) is 3. The third kappa shape index (κ3) is 3.39. The van der Waals surface area contributed by atoms with E-state index in [9.17, 15) is 4.79 Å². The van der Waals surface area contributed by atoms with Crippen LogP contribution in [0.25, 0.3) is 0 Å². The Balaban J connectivity index is 1.47. The number of aromatic nitrogens is 3. The molecule has 0 radical (unpaired) electrons. The third-order valence-corrected chi connectivity index (χ3v) is 3.77. The molecule has 0 aromatic carbocycles. The Morgan fingerprint density at radius 1 is 1.43 bits per heavy atom. The summed E-state index contributed by atoms with van der Waals surface area (Å²) < 4.78 is 2.18. The van der Waals surface area contributed by atoms with Crippen LogP contribution in [0.15, 0.2) is 30.7 Å². The average Bonchev–Trinajstić information content (AvgIpc) is 2.95. The van der Waals surface area contributed by atoms with Gasteiger partial charge >= 0.3 is 6.03 Å². The van der Waals surface area contributed by atoms with Gasteiger partial charge in [-0.05, 0) is 31.4 Å². The second kappa shape index (κ2) is 5.95. The first-order valence-electron chi connectivity index (χ1n) is 7.18. The number of fused-ring (bicyclic) bond motifs is 1. The Labute approximate surface area is 123 Å². The summed E-state index contributed by atoms with van der Waals surface area (Å²) in [7, 11) is 0. The standard InChI is InChI=1S/C15H19N5O/c1-11-2-3-13(10-17-11)19-15(21)18-9-12-4-6-20-7-5-16-14(20)8-12/h2-3,5,7,10,12H,4,6,8-9H2,1H3,(H2,18,19,21)/t12-/m0/s1. The van der Waals surface area contributed by atoms with E-state index in [4.69, 9.17) is 0 Å². The van der Waals surface area contributed by atoms with Gasteiger partial charge in [0, 0.05) is 37.6 Å². The van der Waals surface area contributed by atoms with Gasteiger partial charge in [-0.2, -0.15) is 0 Å². The number of imidazole rings is 1. The van der Waals surface area contributed by atoms with Crippen LogP contribution in [0.1, 0.15) is 17.9 Å². The summed E-state index contributed by atoms with van der Waals surface area (Å²) in [5, 5.41) is 5.71. The number of aryl methyl sites for hydroxylation is 2. The Kier molecular flexibility index (Phi) is 3.85. The van der Waals surface area contributed by atoms with E-state index < -0.39 is 0 Å². The Hall–Kier alpha value is -2.37. The van der Waals surface area contributed by atoms with Crippen LogP contribution < -0.4 is 10.6 Å². The fraction of sp³-hybridized carbons (Fsp3) is 0.400. The van der Waals surface area contributed by atoms with Crippen LogP contribution >= 0.6 is 0 Å². The summed E-state index contributed by atoms with van der Waals surface area (Å²) in [5.41, 5.74) is 1.64. The summed E-state index contributed by atoms with van der Waals surface area (Å²) in [6.45, 7) is 3.56. The minimum Gasteiger partial charge on any atom is -0.338 e. The van der Waals surface area contributed by atoms with Gasteiger partial charge in [-0.15, -0.1) is 0 Å². The van der Waals surface area contributed by atoms with E-state index in [0.717, 1.165) is 30.9 Å². The molecule has 0 spiro atoms. The van der Waals surface area contributed by atoms with Gasteiger partial charge < -0.3 is 15.2 Å². The molecule has 1 aliphatic rings. The molecular weight excluding hydrogens is 266 g/mol. The minimum atomic E-state index is -0.186. The van der Waals surface area contributed by atoms with Gasteiger partial charge in [-0.1, -0.05) is 0 Å². The predicted octanol–water partition coefficient (Wildman–Crippen LogP) is 1.97. The molecule has 0 unspecified atom stereocenters. The van der Waals surface area contributed by atoms with Crippen molar-refractivity contribution in [1.82, 2.24) is 19.9 Å². The van der Waals surface area contributed by atoms with Crippen molar-refractivity contribution in [2.24, 2.45) is 5.92 Å². The molecule has 6 heteroatoms. The monoisotopic (exact) mass is 285 g/mol. The van der Waals surface area contributed by atoms with Crippen molar-refractivity contribution < 1.29 is 4.79 Å². The maximum absolute atomic E-state index is 11.9. The number of nitrogens with one attached hydrogen (secondary N) is 2. The number of carbonyl (C=O) groups excluding carboxylic acids is 1. The van der Waals surface area contributed by atoms with Crippen LogP contribution in [0.5, 0.6) is 0 Å². The first-order valence-corrected chi connectivity index (χ1v) is 7.18. The Morgan fingerprint density at radius 2 is 2.33 bits per heavy atom. The molecule has 6 nitrogen and oxygen atoms in total. The van der Waals surface area contributed by atoms with Crippen molar-refractivity contribution in [1.29, 1.82) is 0 Å². The fourth-order valence-electron chi connectivity index (χ4n) is 2.54. The molecule has 0 fully saturated rings. The van der Waals surface area contributed by atoms with Crippen molar-refractivity contribution in [2.75, 3.05) is 11.9 Å². The molecule has 1 aliphatic heterocycles. The quantitative estimate of drug-likeness (QED) is 0.905. The summed E-state index contributed by atoms with van der Waals surface area (Å²) >= 11 is 0. The zero-order valence-electron chi connectivity index (χ0n) is 12.0. The molecule has 21 heavy (non-hydrogen) atoms. The lowest BCUT2D eigenvalue weighted by Crippen LogP contribution is -2.35. The van der Waals surface area contributed by atoms with Crippen molar-refractivity contribution in [2.45, 2.75) is 26.3 Å². The van der Waals surface area contributed by atoms with Crippen molar-refractivity contribution in [3.05, 3.63) is 42.2 Å². The SMILES string of the molecule is Cc1ccc(NC(=O)NC[C@H]2CCn3ccnc3C2)cn1. The topological polar surface area (TPSA) is 71.8 Å². The van der Waals surface area contributed by atoms with E-state index in [0.29, 0.717) is 18.2 Å². The summed E-state index contributed by atoms with van der Waals surface area (Å²) in [5.74, 6) is 1.55. The molecule has 2 N–H and O–H groups in total. The van der Waals surface area contributed by atoms with Crippen LogP contribution in [0.2, 0.25) is 0 Å². The van der Waals surface area contributed by atoms with Crippen LogP contribution in [-0.4, -0.2) is 27.1 Å². The lowest BCUT2D eigenvalue weighted by Gasteiger charge is -2.23. The molecule has 0 saturated carbocycles. The lowest BCUT2D eigenvalue weighted by atomic mass is 9.98. The summed E-state index contributed by atoms with van der Waals surface area (Å²) in [6, 6.07) is 3.53. The molecule has 2 aromatic rings. The van der Waals surface area contributed by atoms with Gasteiger partial charge in [0.05, 0.1) is 11.9 Å². The van der Waals surface area contributed by atoms with E-state index in [1.807, 2.05) is 31.5 Å². The van der Waals surface area contributed by atoms with Crippen LogP contribution in [0, 0.1) is 12.8 Å². The number of hydrogen-bond acceptors (Lipinski definition) is 3. The smallest absolute Gasteiger partial charge is 0.319 e. The maximum atomic E-state index is 11.9. The van der Waals surface area contributed by atoms with Gasteiger partial charge in [0.1, 0.15) is 5.82 Å². The Morgan fingerprint density at radius 3 is 3.14 bits per heavy atom. The molecule has 0 bridgehead atoms. The lowest BCUT2D eigenvalue weighted by molar-refractivity contribution is 0.248. The number of urea groups is 1. The number of pyridine rings is 1. The number of hydrogen-bond donors (Lipinski definition) is 2. The normalized spacial score (nSPS) is 17.1. The predicted molar refractivity (Wildman–Crippen MR) is 80.0 cm³/mol. The second-order valence-electron chi connectivity index (χ2n) is 5.42.